The second-order valence-corrected chi connectivity index (χ2v) is 5.02. The van der Waals surface area contributed by atoms with E-state index in [0.717, 1.165) is 25.0 Å². The van der Waals surface area contributed by atoms with Crippen LogP contribution in [0.15, 0.2) is 12.2 Å². The van der Waals surface area contributed by atoms with E-state index in [9.17, 15) is 5.11 Å². The molecular weight excluding hydrogens is 176 g/mol. The minimum atomic E-state index is -0.280. The van der Waals surface area contributed by atoms with Crippen LogP contribution in [0.2, 0.25) is 0 Å². The van der Waals surface area contributed by atoms with E-state index >= 15 is 0 Å². The lowest BCUT2D eigenvalue weighted by Crippen LogP contribution is -2.34. The maximum atomic E-state index is 9.25. The highest BCUT2D eigenvalue weighted by Crippen LogP contribution is 2.31. The van der Waals surface area contributed by atoms with Gasteiger partial charge in [-0.25, -0.2) is 0 Å². The zero-order valence-corrected chi connectivity index (χ0v) is 9.55. The summed E-state index contributed by atoms with van der Waals surface area (Å²) >= 11 is 0. The summed E-state index contributed by atoms with van der Waals surface area (Å²) in [5.41, 5.74) is 1.16. The predicted molar refractivity (Wildman–Crippen MR) is 58.2 cm³/mol. The topological polar surface area (TPSA) is 29.5 Å². The van der Waals surface area contributed by atoms with Crippen LogP contribution in [0.4, 0.5) is 0 Å². The molecule has 82 valence electrons. The van der Waals surface area contributed by atoms with Crippen molar-refractivity contribution in [2.45, 2.75) is 51.7 Å². The molecule has 2 nitrogen and oxygen atoms in total. The highest BCUT2D eigenvalue weighted by Gasteiger charge is 2.28. The minimum Gasteiger partial charge on any atom is -0.393 e. The summed E-state index contributed by atoms with van der Waals surface area (Å²) in [5.74, 6) is 0.442. The zero-order chi connectivity index (χ0) is 10.8. The van der Waals surface area contributed by atoms with Gasteiger partial charge in [0.1, 0.15) is 0 Å². The van der Waals surface area contributed by atoms with Crippen LogP contribution in [0.5, 0.6) is 0 Å². The minimum absolute atomic E-state index is 0.0294. The molecule has 2 atom stereocenters. The molecule has 0 aromatic heterocycles. The quantitative estimate of drug-likeness (QED) is 0.706. The van der Waals surface area contributed by atoms with Gasteiger partial charge in [0.25, 0.3) is 0 Å². The Morgan fingerprint density at radius 1 is 1.64 bits per heavy atom. The Labute approximate surface area is 87.0 Å². The Morgan fingerprint density at radius 3 is 2.71 bits per heavy atom. The van der Waals surface area contributed by atoms with Crippen LogP contribution in [0.3, 0.4) is 0 Å². The highest BCUT2D eigenvalue weighted by atomic mass is 16.5. The second kappa shape index (κ2) is 4.45. The Balaban J connectivity index is 2.38. The molecule has 14 heavy (non-hydrogen) atoms. The van der Waals surface area contributed by atoms with E-state index in [4.69, 9.17) is 4.74 Å². The fraction of sp³-hybridized carbons (Fsp3) is 0.833. The third kappa shape index (κ3) is 3.43. The Morgan fingerprint density at radius 2 is 2.29 bits per heavy atom. The maximum Gasteiger partial charge on any atom is 0.0627 e. The van der Waals surface area contributed by atoms with Gasteiger partial charge in [-0.05, 0) is 40.0 Å². The molecule has 1 saturated heterocycles. The average molecular weight is 198 g/mol. The number of aliphatic hydroxyl groups excluding tert-OH is 1. The van der Waals surface area contributed by atoms with Crippen molar-refractivity contribution >= 4 is 0 Å². The van der Waals surface area contributed by atoms with Gasteiger partial charge in [0.05, 0.1) is 18.3 Å². The molecule has 0 aromatic carbocycles. The van der Waals surface area contributed by atoms with Gasteiger partial charge in [0, 0.05) is 5.92 Å². The normalized spacial score (nSPS) is 28.4. The molecule has 1 aliphatic rings. The number of hydrogen-bond donors (Lipinski definition) is 1. The molecule has 1 fully saturated rings. The van der Waals surface area contributed by atoms with E-state index < -0.39 is 0 Å². The first-order valence-electron chi connectivity index (χ1n) is 5.40. The van der Waals surface area contributed by atoms with Gasteiger partial charge < -0.3 is 9.84 Å². The van der Waals surface area contributed by atoms with Gasteiger partial charge in [-0.3, -0.25) is 0 Å². The van der Waals surface area contributed by atoms with Crippen molar-refractivity contribution in [2.75, 3.05) is 6.61 Å². The van der Waals surface area contributed by atoms with E-state index in [2.05, 4.69) is 20.4 Å². The van der Waals surface area contributed by atoms with Crippen LogP contribution >= 0.6 is 0 Å². The van der Waals surface area contributed by atoms with Crippen molar-refractivity contribution < 1.29 is 9.84 Å². The molecule has 1 rings (SSSR count). The molecule has 1 aliphatic heterocycles. The van der Waals surface area contributed by atoms with E-state index in [1.807, 2.05) is 0 Å². The van der Waals surface area contributed by atoms with Crippen molar-refractivity contribution in [3.63, 3.8) is 0 Å². The summed E-state index contributed by atoms with van der Waals surface area (Å²) in [5, 5.41) is 9.25. The van der Waals surface area contributed by atoms with Crippen LogP contribution < -0.4 is 0 Å². The monoisotopic (exact) mass is 198 g/mol. The van der Waals surface area contributed by atoms with E-state index in [-0.39, 0.29) is 11.7 Å². The summed E-state index contributed by atoms with van der Waals surface area (Å²) in [7, 11) is 0. The van der Waals surface area contributed by atoms with Crippen molar-refractivity contribution in [1.29, 1.82) is 0 Å². The lowest BCUT2D eigenvalue weighted by Gasteiger charge is -2.35. The molecule has 0 bridgehead atoms. The van der Waals surface area contributed by atoms with Crippen LogP contribution in [-0.4, -0.2) is 23.4 Å². The lowest BCUT2D eigenvalue weighted by molar-refractivity contribution is -0.0701. The van der Waals surface area contributed by atoms with Crippen molar-refractivity contribution in [1.82, 2.24) is 0 Å². The molecule has 0 aromatic rings. The standard InChI is InChI=1S/C12H22O2/c1-9(7-10(2)13)11-5-6-12(3,4)14-8-11/h10-11,13H,1,5-8H2,2-4H3. The largest absolute Gasteiger partial charge is 0.393 e. The van der Waals surface area contributed by atoms with Crippen LogP contribution in [0.25, 0.3) is 0 Å². The van der Waals surface area contributed by atoms with E-state index in [1.165, 1.54) is 0 Å². The van der Waals surface area contributed by atoms with Crippen molar-refractivity contribution in [3.05, 3.63) is 12.2 Å². The average Bonchev–Trinajstić information content (AvgIpc) is 2.02. The molecule has 2 heteroatoms. The Kier molecular flexibility index (Phi) is 3.73. The molecule has 0 aliphatic carbocycles. The molecule has 1 N–H and O–H groups in total. The molecule has 0 radical (unpaired) electrons. The second-order valence-electron chi connectivity index (χ2n) is 5.02. The fourth-order valence-corrected chi connectivity index (χ4v) is 1.87. The first kappa shape index (κ1) is 11.7. The summed E-state index contributed by atoms with van der Waals surface area (Å²) < 4.78 is 5.74. The molecule has 0 saturated carbocycles. The van der Waals surface area contributed by atoms with E-state index in [0.29, 0.717) is 12.3 Å². The first-order valence-corrected chi connectivity index (χ1v) is 5.40. The molecular formula is C12H22O2. The Bertz CT molecular complexity index is 196. The predicted octanol–water partition coefficient (Wildman–Crippen LogP) is 2.52. The third-order valence-electron chi connectivity index (χ3n) is 2.91. The molecule has 0 amide bonds. The smallest absolute Gasteiger partial charge is 0.0627 e. The zero-order valence-electron chi connectivity index (χ0n) is 9.55. The Hall–Kier alpha value is -0.340. The van der Waals surface area contributed by atoms with Crippen molar-refractivity contribution in [3.8, 4) is 0 Å². The van der Waals surface area contributed by atoms with Gasteiger partial charge in [-0.15, -0.1) is 0 Å². The summed E-state index contributed by atoms with van der Waals surface area (Å²) in [4.78, 5) is 0. The molecule has 1 heterocycles. The van der Waals surface area contributed by atoms with E-state index in [1.54, 1.807) is 6.92 Å². The van der Waals surface area contributed by atoms with Crippen LogP contribution in [0, 0.1) is 5.92 Å². The summed E-state index contributed by atoms with van der Waals surface area (Å²) in [6.45, 7) is 10.8. The summed E-state index contributed by atoms with van der Waals surface area (Å²) in [6, 6.07) is 0. The van der Waals surface area contributed by atoms with Crippen molar-refractivity contribution in [2.24, 2.45) is 5.92 Å². The van der Waals surface area contributed by atoms with Crippen LogP contribution in [0.1, 0.15) is 40.0 Å². The highest BCUT2D eigenvalue weighted by molar-refractivity contribution is 5.03. The first-order chi connectivity index (χ1) is 6.41. The lowest BCUT2D eigenvalue weighted by atomic mass is 9.86. The third-order valence-corrected chi connectivity index (χ3v) is 2.91. The molecule has 0 spiro atoms. The maximum absolute atomic E-state index is 9.25. The number of aliphatic hydroxyl groups is 1. The SMILES string of the molecule is C=C(CC(C)O)C1CCC(C)(C)OC1. The van der Waals surface area contributed by atoms with Gasteiger partial charge in [0.2, 0.25) is 0 Å². The summed E-state index contributed by atoms with van der Waals surface area (Å²) in [6.07, 6.45) is 2.64. The van der Waals surface area contributed by atoms with Gasteiger partial charge in [0.15, 0.2) is 0 Å². The van der Waals surface area contributed by atoms with Gasteiger partial charge in [-0.2, -0.15) is 0 Å². The van der Waals surface area contributed by atoms with Gasteiger partial charge >= 0.3 is 0 Å². The number of hydrogen-bond acceptors (Lipinski definition) is 2. The van der Waals surface area contributed by atoms with Gasteiger partial charge in [-0.1, -0.05) is 12.2 Å². The molecule has 2 unspecified atom stereocenters. The number of rotatable bonds is 3. The number of ether oxygens (including phenoxy) is 1. The fourth-order valence-electron chi connectivity index (χ4n) is 1.87. The van der Waals surface area contributed by atoms with Crippen LogP contribution in [-0.2, 0) is 4.74 Å².